The molecule has 1 N–H and O–H groups in total. The van der Waals surface area contributed by atoms with Gasteiger partial charge in [-0.05, 0) is 47.3 Å². The third-order valence-electron chi connectivity index (χ3n) is 3.63. The first-order valence-corrected chi connectivity index (χ1v) is 8.98. The molecule has 1 aromatic rings. The Labute approximate surface area is 138 Å². The number of hydrogen-bond donors (Lipinski definition) is 1. The number of unbranched alkanes of at least 4 members (excludes halogenated alkanes) is 1. The van der Waals surface area contributed by atoms with Crippen LogP contribution in [-0.4, -0.2) is 18.1 Å². The summed E-state index contributed by atoms with van der Waals surface area (Å²) in [6, 6.07) is 2.10. The lowest BCUT2D eigenvalue weighted by molar-refractivity contribution is 0.223. The van der Waals surface area contributed by atoms with Gasteiger partial charge in [0.15, 0.2) is 0 Å². The van der Waals surface area contributed by atoms with Crippen LogP contribution in [0.1, 0.15) is 58.4 Å². The molecule has 1 heterocycles. The molecule has 0 fully saturated rings. The number of hydrogen-bond acceptors (Lipinski definition) is 3. The fourth-order valence-electron chi connectivity index (χ4n) is 2.22. The molecule has 4 heteroatoms. The Morgan fingerprint density at radius 2 is 2.10 bits per heavy atom. The van der Waals surface area contributed by atoms with E-state index < -0.39 is 0 Å². The summed E-state index contributed by atoms with van der Waals surface area (Å²) in [4.78, 5) is 4.43. The van der Waals surface area contributed by atoms with Gasteiger partial charge in [-0.2, -0.15) is 0 Å². The molecular formula is C17H29BrN2O. The van der Waals surface area contributed by atoms with Crippen molar-refractivity contribution in [3.05, 3.63) is 22.3 Å². The monoisotopic (exact) mass is 356 g/mol. The molecule has 1 atom stereocenters. The van der Waals surface area contributed by atoms with Gasteiger partial charge in [0.1, 0.15) is 0 Å². The molecule has 0 saturated heterocycles. The zero-order valence-electron chi connectivity index (χ0n) is 13.6. The van der Waals surface area contributed by atoms with E-state index >= 15 is 0 Å². The Kier molecular flexibility index (Phi) is 9.68. The number of halogens is 1. The molecule has 0 spiro atoms. The Morgan fingerprint density at radius 1 is 1.29 bits per heavy atom. The minimum atomic E-state index is 0.631. The van der Waals surface area contributed by atoms with Gasteiger partial charge in [0.05, 0.1) is 6.61 Å². The largest absolute Gasteiger partial charge is 0.477 e. The van der Waals surface area contributed by atoms with E-state index in [9.17, 15) is 0 Å². The van der Waals surface area contributed by atoms with Crippen molar-refractivity contribution in [3.63, 3.8) is 0 Å². The first-order chi connectivity index (χ1) is 10.2. The summed E-state index contributed by atoms with van der Waals surface area (Å²) in [5.74, 6) is 1.41. The third kappa shape index (κ3) is 7.28. The molecule has 21 heavy (non-hydrogen) atoms. The smallest absolute Gasteiger partial charge is 0.217 e. The SMILES string of the molecule is CCCCC(CC)COc1ncc(Br)cc1CNCCC. The highest BCUT2D eigenvalue weighted by molar-refractivity contribution is 9.10. The molecule has 0 amide bonds. The lowest BCUT2D eigenvalue weighted by atomic mass is 10.0. The molecule has 0 aliphatic heterocycles. The van der Waals surface area contributed by atoms with Crippen molar-refractivity contribution in [3.8, 4) is 5.88 Å². The van der Waals surface area contributed by atoms with Crippen LogP contribution in [0, 0.1) is 5.92 Å². The predicted molar refractivity (Wildman–Crippen MR) is 92.7 cm³/mol. The van der Waals surface area contributed by atoms with Crippen LogP contribution in [0.15, 0.2) is 16.7 Å². The number of nitrogens with zero attached hydrogens (tertiary/aromatic N) is 1. The Morgan fingerprint density at radius 3 is 2.76 bits per heavy atom. The quantitative estimate of drug-likeness (QED) is 0.570. The molecule has 0 bridgehead atoms. The van der Waals surface area contributed by atoms with Crippen LogP contribution >= 0.6 is 15.9 Å². The van der Waals surface area contributed by atoms with Crippen LogP contribution in [0.3, 0.4) is 0 Å². The van der Waals surface area contributed by atoms with E-state index in [1.165, 1.54) is 25.7 Å². The van der Waals surface area contributed by atoms with Gasteiger partial charge >= 0.3 is 0 Å². The Balaban J connectivity index is 2.59. The van der Waals surface area contributed by atoms with Crippen LogP contribution in [0.5, 0.6) is 5.88 Å². The summed E-state index contributed by atoms with van der Waals surface area (Å²) in [6.45, 7) is 9.24. The highest BCUT2D eigenvalue weighted by atomic mass is 79.9. The molecule has 0 aliphatic carbocycles. The van der Waals surface area contributed by atoms with E-state index in [1.54, 1.807) is 0 Å². The number of nitrogens with one attached hydrogen (secondary N) is 1. The second kappa shape index (κ2) is 11.0. The highest BCUT2D eigenvalue weighted by Crippen LogP contribution is 2.22. The van der Waals surface area contributed by atoms with Crippen molar-refractivity contribution >= 4 is 15.9 Å². The fraction of sp³-hybridized carbons (Fsp3) is 0.706. The molecule has 0 aliphatic rings. The molecule has 1 aromatic heterocycles. The maximum atomic E-state index is 6.00. The molecule has 3 nitrogen and oxygen atoms in total. The van der Waals surface area contributed by atoms with Crippen molar-refractivity contribution in [2.24, 2.45) is 5.92 Å². The van der Waals surface area contributed by atoms with Gasteiger partial charge in [-0.25, -0.2) is 4.98 Å². The van der Waals surface area contributed by atoms with Crippen LogP contribution < -0.4 is 10.1 Å². The van der Waals surface area contributed by atoms with Crippen LogP contribution in [0.25, 0.3) is 0 Å². The summed E-state index contributed by atoms with van der Waals surface area (Å²) in [5.41, 5.74) is 1.13. The second-order valence-electron chi connectivity index (χ2n) is 5.52. The molecule has 120 valence electrons. The lowest BCUT2D eigenvalue weighted by Crippen LogP contribution is -2.17. The van der Waals surface area contributed by atoms with Crippen molar-refractivity contribution in [1.29, 1.82) is 0 Å². The zero-order chi connectivity index (χ0) is 15.5. The molecular weight excluding hydrogens is 328 g/mol. The van der Waals surface area contributed by atoms with E-state index in [2.05, 4.69) is 53.1 Å². The van der Waals surface area contributed by atoms with E-state index in [0.29, 0.717) is 5.92 Å². The highest BCUT2D eigenvalue weighted by Gasteiger charge is 2.11. The maximum absolute atomic E-state index is 6.00. The summed E-state index contributed by atoms with van der Waals surface area (Å²) in [6.07, 6.45) is 7.88. The molecule has 1 rings (SSSR count). The fourth-order valence-corrected chi connectivity index (χ4v) is 2.60. The first-order valence-electron chi connectivity index (χ1n) is 8.19. The van der Waals surface area contributed by atoms with Crippen LogP contribution in [0.4, 0.5) is 0 Å². The van der Waals surface area contributed by atoms with Crippen molar-refractivity contribution < 1.29 is 4.74 Å². The van der Waals surface area contributed by atoms with Gasteiger partial charge in [-0.1, -0.05) is 40.0 Å². The standard InChI is InChI=1S/C17H29BrN2O/c1-4-7-8-14(6-3)13-21-17-15(11-19-9-5-2)10-16(18)12-20-17/h10,12,14,19H,4-9,11,13H2,1-3H3. The molecule has 1 unspecified atom stereocenters. The Bertz CT molecular complexity index is 398. The number of pyridine rings is 1. The van der Waals surface area contributed by atoms with Crippen molar-refractivity contribution in [1.82, 2.24) is 10.3 Å². The molecule has 0 saturated carbocycles. The maximum Gasteiger partial charge on any atom is 0.217 e. The summed E-state index contributed by atoms with van der Waals surface area (Å²) >= 11 is 3.49. The van der Waals surface area contributed by atoms with Gasteiger partial charge in [0.2, 0.25) is 5.88 Å². The van der Waals surface area contributed by atoms with Gasteiger partial charge in [0, 0.05) is 22.8 Å². The zero-order valence-corrected chi connectivity index (χ0v) is 15.2. The average Bonchev–Trinajstić information content (AvgIpc) is 2.49. The number of rotatable bonds is 11. The van der Waals surface area contributed by atoms with Gasteiger partial charge < -0.3 is 10.1 Å². The minimum Gasteiger partial charge on any atom is -0.477 e. The third-order valence-corrected chi connectivity index (χ3v) is 4.07. The van der Waals surface area contributed by atoms with Crippen molar-refractivity contribution in [2.45, 2.75) is 59.4 Å². The predicted octanol–water partition coefficient (Wildman–Crippen LogP) is 4.94. The topological polar surface area (TPSA) is 34.1 Å². The van der Waals surface area contributed by atoms with Gasteiger partial charge in [-0.15, -0.1) is 0 Å². The minimum absolute atomic E-state index is 0.631. The molecule has 0 radical (unpaired) electrons. The Hall–Kier alpha value is -0.610. The van der Waals surface area contributed by atoms with Crippen LogP contribution in [-0.2, 0) is 6.54 Å². The van der Waals surface area contributed by atoms with Gasteiger partial charge in [-0.3, -0.25) is 0 Å². The summed E-state index contributed by atoms with van der Waals surface area (Å²) < 4.78 is 7.00. The number of aromatic nitrogens is 1. The second-order valence-corrected chi connectivity index (χ2v) is 6.44. The number of ether oxygens (including phenoxy) is 1. The molecule has 0 aromatic carbocycles. The van der Waals surface area contributed by atoms with Crippen molar-refractivity contribution in [2.75, 3.05) is 13.2 Å². The van der Waals surface area contributed by atoms with E-state index in [4.69, 9.17) is 4.74 Å². The first kappa shape index (κ1) is 18.4. The normalized spacial score (nSPS) is 12.4. The average molecular weight is 357 g/mol. The summed E-state index contributed by atoms with van der Waals surface area (Å²) in [5, 5.41) is 3.41. The lowest BCUT2D eigenvalue weighted by Gasteiger charge is -2.17. The van der Waals surface area contributed by atoms with Gasteiger partial charge in [0.25, 0.3) is 0 Å². The summed E-state index contributed by atoms with van der Waals surface area (Å²) in [7, 11) is 0. The van der Waals surface area contributed by atoms with E-state index in [-0.39, 0.29) is 0 Å². The van der Waals surface area contributed by atoms with E-state index in [1.807, 2.05) is 6.20 Å². The van der Waals surface area contributed by atoms with Crippen LogP contribution in [0.2, 0.25) is 0 Å². The van der Waals surface area contributed by atoms with E-state index in [0.717, 1.165) is 42.0 Å².